The second kappa shape index (κ2) is 6.40. The van der Waals surface area contributed by atoms with Crippen molar-refractivity contribution in [2.75, 3.05) is 12.0 Å². The fourth-order valence-electron chi connectivity index (χ4n) is 3.65. The summed E-state index contributed by atoms with van der Waals surface area (Å²) in [6, 6.07) is 2.08. The summed E-state index contributed by atoms with van der Waals surface area (Å²) >= 11 is 5.84. The third-order valence-electron chi connectivity index (χ3n) is 4.82. The SMILES string of the molecule is O=C(O)CC1CCN(Nc2ncc(Cl)cn2)C2=C1Cc1cc[nH]c1C2. The van der Waals surface area contributed by atoms with Crippen LogP contribution in [0, 0.1) is 5.92 Å². The number of anilines is 1. The number of aromatic nitrogens is 3. The third kappa shape index (κ3) is 3.19. The van der Waals surface area contributed by atoms with Gasteiger partial charge in [0, 0.05) is 30.6 Å². The van der Waals surface area contributed by atoms with Gasteiger partial charge in [0.2, 0.25) is 5.95 Å². The highest BCUT2D eigenvalue weighted by Gasteiger charge is 2.33. The lowest BCUT2D eigenvalue weighted by Crippen LogP contribution is -2.40. The maximum Gasteiger partial charge on any atom is 0.303 e. The van der Waals surface area contributed by atoms with E-state index in [1.54, 1.807) is 12.4 Å². The number of carbonyl (C=O) groups is 1. The van der Waals surface area contributed by atoms with Gasteiger partial charge in [0.25, 0.3) is 0 Å². The van der Waals surface area contributed by atoms with Crippen LogP contribution < -0.4 is 5.43 Å². The molecule has 0 bridgehead atoms. The molecule has 0 saturated carbocycles. The molecule has 4 rings (SSSR count). The quantitative estimate of drug-likeness (QED) is 0.777. The molecular weight excluding hydrogens is 342 g/mol. The lowest BCUT2D eigenvalue weighted by molar-refractivity contribution is -0.137. The number of H-pyrrole nitrogens is 1. The summed E-state index contributed by atoms with van der Waals surface area (Å²) in [7, 11) is 0. The van der Waals surface area contributed by atoms with Gasteiger partial charge in [-0.25, -0.2) is 9.97 Å². The fraction of sp³-hybridized carbons (Fsp3) is 0.353. The van der Waals surface area contributed by atoms with Crippen molar-refractivity contribution in [3.8, 4) is 0 Å². The molecule has 7 nitrogen and oxygen atoms in total. The Bertz CT molecular complexity index is 830. The first kappa shape index (κ1) is 16.0. The smallest absolute Gasteiger partial charge is 0.303 e. The number of aromatic amines is 1. The van der Waals surface area contributed by atoms with E-state index >= 15 is 0 Å². The van der Waals surface area contributed by atoms with Crippen LogP contribution in [0.4, 0.5) is 5.95 Å². The number of allylic oxidation sites excluding steroid dienone is 2. The number of nitrogens with zero attached hydrogens (tertiary/aromatic N) is 3. The van der Waals surface area contributed by atoms with E-state index in [4.69, 9.17) is 11.6 Å². The summed E-state index contributed by atoms with van der Waals surface area (Å²) in [5.74, 6) is -0.205. The van der Waals surface area contributed by atoms with Gasteiger partial charge >= 0.3 is 5.97 Å². The Labute approximate surface area is 149 Å². The first-order valence-electron chi connectivity index (χ1n) is 8.20. The highest BCUT2D eigenvalue weighted by atomic mass is 35.5. The van der Waals surface area contributed by atoms with E-state index in [0.717, 1.165) is 25.0 Å². The van der Waals surface area contributed by atoms with Gasteiger partial charge in [0.05, 0.1) is 23.8 Å². The van der Waals surface area contributed by atoms with Crippen LogP contribution in [-0.2, 0) is 17.6 Å². The maximum absolute atomic E-state index is 11.3. The number of nitrogens with one attached hydrogen (secondary N) is 2. The van der Waals surface area contributed by atoms with Crippen molar-refractivity contribution in [1.29, 1.82) is 0 Å². The molecule has 0 aromatic carbocycles. The van der Waals surface area contributed by atoms with Gasteiger partial charge < -0.3 is 10.1 Å². The number of hydrogen-bond donors (Lipinski definition) is 3. The van der Waals surface area contributed by atoms with Crippen molar-refractivity contribution in [3.63, 3.8) is 0 Å². The summed E-state index contributed by atoms with van der Waals surface area (Å²) < 4.78 is 0. The van der Waals surface area contributed by atoms with Crippen molar-refractivity contribution in [2.24, 2.45) is 5.92 Å². The van der Waals surface area contributed by atoms with Crippen molar-refractivity contribution in [2.45, 2.75) is 25.7 Å². The number of hydrogen-bond acceptors (Lipinski definition) is 5. The van der Waals surface area contributed by atoms with Crippen molar-refractivity contribution < 1.29 is 9.90 Å². The molecule has 0 saturated heterocycles. The zero-order valence-corrected chi connectivity index (χ0v) is 14.3. The monoisotopic (exact) mass is 359 g/mol. The molecule has 3 heterocycles. The number of carboxylic acids is 1. The van der Waals surface area contributed by atoms with Crippen molar-refractivity contribution in [3.05, 3.63) is 52.2 Å². The lowest BCUT2D eigenvalue weighted by atomic mass is 9.80. The number of hydrazine groups is 1. The first-order chi connectivity index (χ1) is 12.1. The number of aliphatic carboxylic acids is 1. The van der Waals surface area contributed by atoms with Gasteiger partial charge in [-0.1, -0.05) is 11.6 Å². The van der Waals surface area contributed by atoms with Gasteiger partial charge in [-0.3, -0.25) is 15.2 Å². The Morgan fingerprint density at radius 1 is 1.40 bits per heavy atom. The molecule has 8 heteroatoms. The second-order valence-electron chi connectivity index (χ2n) is 6.38. The summed E-state index contributed by atoms with van der Waals surface area (Å²) in [5, 5.41) is 11.8. The highest BCUT2D eigenvalue weighted by molar-refractivity contribution is 6.30. The number of fused-ring (bicyclic) bond motifs is 1. The third-order valence-corrected chi connectivity index (χ3v) is 5.02. The van der Waals surface area contributed by atoms with Crippen LogP contribution in [0.1, 0.15) is 24.1 Å². The van der Waals surface area contributed by atoms with E-state index < -0.39 is 5.97 Å². The van der Waals surface area contributed by atoms with Gasteiger partial charge in [-0.2, -0.15) is 0 Å². The van der Waals surface area contributed by atoms with Gasteiger partial charge in [0.1, 0.15) is 0 Å². The molecule has 0 fully saturated rings. The average molecular weight is 360 g/mol. The molecule has 0 radical (unpaired) electrons. The van der Waals surface area contributed by atoms with Crippen LogP contribution in [0.15, 0.2) is 35.9 Å². The molecular formula is C17H18ClN5O2. The zero-order valence-electron chi connectivity index (χ0n) is 13.5. The Morgan fingerprint density at radius 2 is 2.20 bits per heavy atom. The molecule has 1 aliphatic carbocycles. The molecule has 3 N–H and O–H groups in total. The van der Waals surface area contributed by atoms with Gasteiger partial charge in [-0.15, -0.1) is 0 Å². The number of carboxylic acid groups (broad SMARTS) is 1. The van der Waals surface area contributed by atoms with E-state index in [9.17, 15) is 9.90 Å². The van der Waals surface area contributed by atoms with Crippen LogP contribution in [0.25, 0.3) is 0 Å². The van der Waals surface area contributed by atoms with E-state index in [1.807, 2.05) is 11.2 Å². The number of rotatable bonds is 4. The summed E-state index contributed by atoms with van der Waals surface area (Å²) in [4.78, 5) is 22.9. The van der Waals surface area contributed by atoms with Crippen molar-refractivity contribution >= 4 is 23.5 Å². The van der Waals surface area contributed by atoms with E-state index in [-0.39, 0.29) is 12.3 Å². The van der Waals surface area contributed by atoms with Crippen LogP contribution in [0.5, 0.6) is 0 Å². The van der Waals surface area contributed by atoms with Crippen LogP contribution in [0.3, 0.4) is 0 Å². The minimum atomic E-state index is -0.751. The Kier molecular flexibility index (Phi) is 4.09. The minimum absolute atomic E-state index is 0.0692. The zero-order chi connectivity index (χ0) is 17.4. The summed E-state index contributed by atoms with van der Waals surface area (Å²) in [6.45, 7) is 0.707. The standard InChI is InChI=1S/C17H18ClN5O2/c18-12-8-20-17(21-9-12)22-23-4-2-10(6-16(24)25)13-5-11-1-3-19-14(11)7-15(13)23/h1,3,8-10,19H,2,4-7H2,(H,24,25)(H,20,21,22). The Balaban J connectivity index is 1.64. The molecule has 130 valence electrons. The Morgan fingerprint density at radius 3 is 2.96 bits per heavy atom. The molecule has 1 aliphatic heterocycles. The van der Waals surface area contributed by atoms with Crippen LogP contribution in [-0.4, -0.2) is 37.6 Å². The molecule has 1 atom stereocenters. The minimum Gasteiger partial charge on any atom is -0.481 e. The largest absolute Gasteiger partial charge is 0.481 e. The summed E-state index contributed by atoms with van der Waals surface area (Å²) in [5.41, 5.74) is 7.98. The fourth-order valence-corrected chi connectivity index (χ4v) is 3.75. The molecule has 0 amide bonds. The Hall–Kier alpha value is -2.54. The second-order valence-corrected chi connectivity index (χ2v) is 6.82. The first-order valence-corrected chi connectivity index (χ1v) is 8.58. The molecule has 2 aromatic rings. The average Bonchev–Trinajstić information content (AvgIpc) is 3.04. The van der Waals surface area contributed by atoms with E-state index in [1.165, 1.54) is 16.8 Å². The van der Waals surface area contributed by atoms with Gasteiger partial charge in [0.15, 0.2) is 0 Å². The summed E-state index contributed by atoms with van der Waals surface area (Å²) in [6.07, 6.45) is 7.52. The van der Waals surface area contributed by atoms with Crippen LogP contribution >= 0.6 is 11.6 Å². The predicted octanol–water partition coefficient (Wildman–Crippen LogP) is 2.63. The molecule has 2 aliphatic rings. The van der Waals surface area contributed by atoms with Crippen LogP contribution in [0.2, 0.25) is 5.02 Å². The topological polar surface area (TPSA) is 94.1 Å². The van der Waals surface area contributed by atoms with Crippen molar-refractivity contribution in [1.82, 2.24) is 20.0 Å². The molecule has 25 heavy (non-hydrogen) atoms. The molecule has 0 spiro atoms. The predicted molar refractivity (Wildman–Crippen MR) is 93.0 cm³/mol. The maximum atomic E-state index is 11.3. The highest BCUT2D eigenvalue weighted by Crippen LogP contribution is 2.38. The van der Waals surface area contributed by atoms with Gasteiger partial charge in [-0.05, 0) is 36.0 Å². The molecule has 2 aromatic heterocycles. The van der Waals surface area contributed by atoms with E-state index in [2.05, 4.69) is 26.4 Å². The van der Waals surface area contributed by atoms with E-state index in [0.29, 0.717) is 17.5 Å². The normalized spacial score (nSPS) is 19.4. The lowest BCUT2D eigenvalue weighted by Gasteiger charge is -2.39. The number of halogens is 1. The molecule has 1 unspecified atom stereocenters.